The van der Waals surface area contributed by atoms with Crippen LogP contribution in [-0.2, 0) is 4.79 Å². The Bertz CT molecular complexity index is 429. The van der Waals surface area contributed by atoms with Crippen molar-refractivity contribution in [3.63, 3.8) is 0 Å². The first-order valence-electron chi connectivity index (χ1n) is 4.62. The Hall–Kier alpha value is -0.100. The fourth-order valence-electron chi connectivity index (χ4n) is 1.70. The van der Waals surface area contributed by atoms with Crippen molar-refractivity contribution in [1.29, 1.82) is 0 Å². The maximum absolute atomic E-state index is 11.7. The van der Waals surface area contributed by atoms with Crippen LogP contribution in [0.5, 0.6) is 0 Å². The molecule has 1 N–H and O–H groups in total. The van der Waals surface area contributed by atoms with Crippen LogP contribution in [-0.4, -0.2) is 23.7 Å². The average Bonchev–Trinajstić information content (AvgIpc) is 2.43. The number of aliphatic hydroxyl groups is 1. The van der Waals surface area contributed by atoms with Crippen LogP contribution in [0.4, 0.5) is 5.69 Å². The van der Waals surface area contributed by atoms with Crippen molar-refractivity contribution in [2.45, 2.75) is 12.5 Å². The maximum atomic E-state index is 11.7. The van der Waals surface area contributed by atoms with Gasteiger partial charge in [0.15, 0.2) is 0 Å². The third-order valence-electron chi connectivity index (χ3n) is 2.36. The van der Waals surface area contributed by atoms with E-state index in [1.165, 1.54) is 0 Å². The zero-order valence-electron chi connectivity index (χ0n) is 8.08. The number of anilines is 1. The lowest BCUT2D eigenvalue weighted by molar-refractivity contribution is -0.117. The van der Waals surface area contributed by atoms with Crippen molar-refractivity contribution in [2.75, 3.05) is 11.4 Å². The molecule has 1 aromatic rings. The Balaban J connectivity index is 2.44. The van der Waals surface area contributed by atoms with E-state index in [1.54, 1.807) is 17.0 Å². The molecule has 0 saturated carbocycles. The molecule has 0 radical (unpaired) electrons. The number of nitrogens with zero attached hydrogens (tertiary/aromatic N) is 1. The summed E-state index contributed by atoms with van der Waals surface area (Å²) in [6, 6.07) is 3.44. The lowest BCUT2D eigenvalue weighted by Gasteiger charge is -2.19. The van der Waals surface area contributed by atoms with Crippen LogP contribution in [0, 0.1) is 0 Å². The first kappa shape index (κ1) is 12.4. The van der Waals surface area contributed by atoms with Crippen LogP contribution in [0.2, 0.25) is 5.02 Å². The number of β-amino-alcohol motifs (C(OH)–C–C–N with tert-alkyl or cyclic N) is 1. The predicted octanol–water partition coefficient (Wildman–Crippen LogP) is 2.96. The molecule has 0 spiro atoms. The van der Waals surface area contributed by atoms with Crippen LogP contribution in [0.3, 0.4) is 0 Å². The number of aliphatic hydroxyl groups excluding tert-OH is 1. The maximum Gasteiger partial charge on any atom is 0.229 e. The van der Waals surface area contributed by atoms with Gasteiger partial charge in [-0.1, -0.05) is 11.6 Å². The highest BCUT2D eigenvalue weighted by Crippen LogP contribution is 2.38. The van der Waals surface area contributed by atoms with Crippen molar-refractivity contribution < 1.29 is 9.90 Å². The van der Waals surface area contributed by atoms with Gasteiger partial charge in [-0.05, 0) is 44.0 Å². The van der Waals surface area contributed by atoms with Crippen molar-refractivity contribution in [1.82, 2.24) is 0 Å². The second-order valence-electron chi connectivity index (χ2n) is 3.58. The van der Waals surface area contributed by atoms with Crippen molar-refractivity contribution in [2.24, 2.45) is 0 Å². The molecule has 86 valence electrons. The lowest BCUT2D eigenvalue weighted by Crippen LogP contribution is -2.26. The van der Waals surface area contributed by atoms with E-state index in [0.29, 0.717) is 17.3 Å². The standard InChI is InChI=1S/C10H8Br2ClNO2/c11-7-1-5(13)2-8(12)10(7)14-4-6(15)3-9(14)16/h1-2,6,15H,3-4H2. The summed E-state index contributed by atoms with van der Waals surface area (Å²) >= 11 is 12.6. The van der Waals surface area contributed by atoms with Gasteiger partial charge in [0.05, 0.1) is 24.8 Å². The van der Waals surface area contributed by atoms with Gasteiger partial charge < -0.3 is 10.0 Å². The topological polar surface area (TPSA) is 40.5 Å². The molecule has 6 heteroatoms. The number of carbonyl (C=O) groups is 1. The second kappa shape index (κ2) is 4.64. The number of carbonyl (C=O) groups excluding carboxylic acids is 1. The minimum absolute atomic E-state index is 0.0868. The molecule has 16 heavy (non-hydrogen) atoms. The van der Waals surface area contributed by atoms with E-state index in [9.17, 15) is 9.90 Å². The molecule has 1 fully saturated rings. The fraction of sp³-hybridized carbons (Fsp3) is 0.300. The highest BCUT2D eigenvalue weighted by Gasteiger charge is 2.31. The molecule has 0 bridgehead atoms. The van der Waals surface area contributed by atoms with Gasteiger partial charge in [0.1, 0.15) is 0 Å². The first-order chi connectivity index (χ1) is 7.49. The summed E-state index contributed by atoms with van der Waals surface area (Å²) in [7, 11) is 0. The number of amides is 1. The Kier molecular flexibility index (Phi) is 3.59. The van der Waals surface area contributed by atoms with Gasteiger partial charge in [0.2, 0.25) is 5.91 Å². The summed E-state index contributed by atoms with van der Waals surface area (Å²) in [5.41, 5.74) is 0.714. The minimum atomic E-state index is -0.595. The third-order valence-corrected chi connectivity index (χ3v) is 3.78. The number of benzene rings is 1. The van der Waals surface area contributed by atoms with E-state index >= 15 is 0 Å². The van der Waals surface area contributed by atoms with Crippen molar-refractivity contribution in [3.05, 3.63) is 26.1 Å². The predicted molar refractivity (Wildman–Crippen MR) is 69.8 cm³/mol. The van der Waals surface area contributed by atoms with Gasteiger partial charge in [-0.25, -0.2) is 0 Å². The largest absolute Gasteiger partial charge is 0.391 e. The SMILES string of the molecule is O=C1CC(O)CN1c1c(Br)cc(Cl)cc1Br. The smallest absolute Gasteiger partial charge is 0.229 e. The molecule has 0 aromatic heterocycles. The third kappa shape index (κ3) is 2.27. The van der Waals surface area contributed by atoms with Crippen LogP contribution in [0.15, 0.2) is 21.1 Å². The van der Waals surface area contributed by atoms with Crippen LogP contribution < -0.4 is 4.90 Å². The zero-order valence-corrected chi connectivity index (χ0v) is 12.0. The van der Waals surface area contributed by atoms with Crippen molar-refractivity contribution >= 4 is 55.1 Å². The summed E-state index contributed by atoms with van der Waals surface area (Å²) < 4.78 is 1.46. The summed E-state index contributed by atoms with van der Waals surface area (Å²) in [6.07, 6.45) is -0.427. The van der Waals surface area contributed by atoms with E-state index in [-0.39, 0.29) is 12.3 Å². The van der Waals surface area contributed by atoms with Gasteiger partial charge in [0, 0.05) is 14.0 Å². The molecule has 1 saturated heterocycles. The highest BCUT2D eigenvalue weighted by molar-refractivity contribution is 9.11. The van der Waals surface area contributed by atoms with Gasteiger partial charge >= 0.3 is 0 Å². The minimum Gasteiger partial charge on any atom is -0.391 e. The summed E-state index contributed by atoms with van der Waals surface area (Å²) in [5, 5.41) is 10.0. The fourth-order valence-corrected chi connectivity index (χ4v) is 3.79. The quantitative estimate of drug-likeness (QED) is 0.827. The molecule has 1 unspecified atom stereocenters. The van der Waals surface area contributed by atoms with E-state index in [4.69, 9.17) is 11.6 Å². The summed E-state index contributed by atoms with van der Waals surface area (Å²) in [5.74, 6) is -0.0868. The Morgan fingerprint density at radius 2 is 1.94 bits per heavy atom. The molecule has 0 aliphatic carbocycles. The van der Waals surface area contributed by atoms with E-state index in [1.807, 2.05) is 0 Å². The van der Waals surface area contributed by atoms with Gasteiger partial charge in [-0.15, -0.1) is 0 Å². The molecule has 1 aliphatic rings. The first-order valence-corrected chi connectivity index (χ1v) is 6.58. The highest BCUT2D eigenvalue weighted by atomic mass is 79.9. The van der Waals surface area contributed by atoms with Crippen molar-refractivity contribution in [3.8, 4) is 0 Å². The molecule has 3 nitrogen and oxygen atoms in total. The zero-order chi connectivity index (χ0) is 11.9. The molecular weight excluding hydrogens is 361 g/mol. The second-order valence-corrected chi connectivity index (χ2v) is 5.73. The molecular formula is C10H8Br2ClNO2. The molecule has 1 aliphatic heterocycles. The van der Waals surface area contributed by atoms with E-state index < -0.39 is 6.10 Å². The molecule has 1 atom stereocenters. The number of rotatable bonds is 1. The number of hydrogen-bond acceptors (Lipinski definition) is 2. The van der Waals surface area contributed by atoms with E-state index in [0.717, 1.165) is 8.95 Å². The Labute approximate surface area is 115 Å². The summed E-state index contributed by atoms with van der Waals surface area (Å²) in [6.45, 7) is 0.317. The van der Waals surface area contributed by atoms with Crippen LogP contribution in [0.1, 0.15) is 6.42 Å². The Morgan fingerprint density at radius 1 is 1.38 bits per heavy atom. The van der Waals surface area contributed by atoms with E-state index in [2.05, 4.69) is 31.9 Å². The molecule has 1 aromatic carbocycles. The monoisotopic (exact) mass is 367 g/mol. The average molecular weight is 369 g/mol. The Morgan fingerprint density at radius 3 is 2.38 bits per heavy atom. The lowest BCUT2D eigenvalue weighted by atomic mass is 10.3. The molecule has 1 amide bonds. The van der Waals surface area contributed by atoms with Gasteiger partial charge in [0.25, 0.3) is 0 Å². The molecule has 1 heterocycles. The normalized spacial score (nSPS) is 20.6. The number of halogens is 3. The molecule has 2 rings (SSSR count). The van der Waals surface area contributed by atoms with Gasteiger partial charge in [-0.3, -0.25) is 4.79 Å². The van der Waals surface area contributed by atoms with Gasteiger partial charge in [-0.2, -0.15) is 0 Å². The number of hydrogen-bond donors (Lipinski definition) is 1. The van der Waals surface area contributed by atoms with Crippen LogP contribution in [0.25, 0.3) is 0 Å². The summed E-state index contributed by atoms with van der Waals surface area (Å²) in [4.78, 5) is 13.2. The van der Waals surface area contributed by atoms with Crippen LogP contribution >= 0.6 is 43.5 Å².